The minimum Gasteiger partial charge on any atom is -0.379 e. The van der Waals surface area contributed by atoms with Crippen LogP contribution in [-0.4, -0.2) is 71.0 Å². The largest absolute Gasteiger partial charge is 0.379 e. The van der Waals surface area contributed by atoms with Gasteiger partial charge in [-0.05, 0) is 43.9 Å². The first kappa shape index (κ1) is 27.5. The number of imidazole rings is 1. The number of pyridine rings is 1. The Labute approximate surface area is 231 Å². The van der Waals surface area contributed by atoms with Gasteiger partial charge in [-0.2, -0.15) is 0 Å². The first-order valence-electron chi connectivity index (χ1n) is 14.3. The summed E-state index contributed by atoms with van der Waals surface area (Å²) in [7, 11) is 0. The minimum atomic E-state index is -0.414. The van der Waals surface area contributed by atoms with Crippen LogP contribution in [0.3, 0.4) is 0 Å². The Kier molecular flexibility index (Phi) is 9.09. The second-order valence-corrected chi connectivity index (χ2v) is 10.8. The highest BCUT2D eigenvalue weighted by molar-refractivity contribution is 5.83. The molecule has 2 aromatic heterocycles. The first-order valence-corrected chi connectivity index (χ1v) is 14.3. The maximum atomic E-state index is 6.60. The van der Waals surface area contributed by atoms with Crippen LogP contribution in [0, 0.1) is 5.92 Å². The van der Waals surface area contributed by atoms with Crippen LogP contribution in [0.25, 0.3) is 21.9 Å². The fraction of sp³-hybridized carbons (Fsp3) is 0.484. The van der Waals surface area contributed by atoms with Gasteiger partial charge in [0.05, 0.1) is 29.8 Å². The smallest absolute Gasteiger partial charge is 0.206 e. The van der Waals surface area contributed by atoms with Gasteiger partial charge in [-0.3, -0.25) is 9.55 Å². The number of ether oxygens (including phenoxy) is 2. The van der Waals surface area contributed by atoms with E-state index in [4.69, 9.17) is 25.2 Å². The maximum absolute atomic E-state index is 6.60. The van der Waals surface area contributed by atoms with Crippen LogP contribution in [0.1, 0.15) is 45.4 Å². The molecule has 1 aliphatic heterocycles. The molecular weight excluding hydrogens is 488 g/mol. The molecule has 1 fully saturated rings. The quantitative estimate of drug-likeness (QED) is 0.248. The van der Waals surface area contributed by atoms with Gasteiger partial charge >= 0.3 is 0 Å². The lowest BCUT2D eigenvalue weighted by molar-refractivity contribution is -0.00389. The summed E-state index contributed by atoms with van der Waals surface area (Å²) in [6, 6.07) is 19.1. The molecule has 1 aliphatic rings. The average molecular weight is 531 g/mol. The maximum Gasteiger partial charge on any atom is 0.206 e. The van der Waals surface area contributed by atoms with E-state index >= 15 is 0 Å². The number of hydrogen-bond acceptors (Lipinski definition) is 7. The van der Waals surface area contributed by atoms with Crippen molar-refractivity contribution in [3.63, 3.8) is 0 Å². The monoisotopic (exact) mass is 530 g/mol. The van der Waals surface area contributed by atoms with E-state index in [2.05, 4.69) is 71.1 Å². The Morgan fingerprint density at radius 1 is 1.03 bits per heavy atom. The predicted molar refractivity (Wildman–Crippen MR) is 158 cm³/mol. The number of benzene rings is 2. The third-order valence-electron chi connectivity index (χ3n) is 7.71. The summed E-state index contributed by atoms with van der Waals surface area (Å²) in [4.78, 5) is 12.3. The summed E-state index contributed by atoms with van der Waals surface area (Å²) < 4.78 is 14.4. The summed E-state index contributed by atoms with van der Waals surface area (Å²) in [5, 5.41) is 4.88. The van der Waals surface area contributed by atoms with Gasteiger partial charge in [-0.1, -0.05) is 50.2 Å². The van der Waals surface area contributed by atoms with Crippen molar-refractivity contribution in [2.45, 2.75) is 51.9 Å². The molecule has 39 heavy (non-hydrogen) atoms. The third kappa shape index (κ3) is 6.41. The van der Waals surface area contributed by atoms with E-state index < -0.39 is 6.23 Å². The van der Waals surface area contributed by atoms with Crippen molar-refractivity contribution in [3.05, 3.63) is 66.4 Å². The molecule has 8 heteroatoms. The number of anilines is 1. The van der Waals surface area contributed by atoms with E-state index in [0.29, 0.717) is 31.8 Å². The number of aromatic nitrogens is 3. The van der Waals surface area contributed by atoms with Gasteiger partial charge in [0.15, 0.2) is 6.23 Å². The summed E-state index contributed by atoms with van der Waals surface area (Å²) in [6.45, 7) is 11.0. The summed E-state index contributed by atoms with van der Waals surface area (Å²) >= 11 is 0. The van der Waals surface area contributed by atoms with Gasteiger partial charge in [0.25, 0.3) is 0 Å². The second-order valence-electron chi connectivity index (χ2n) is 10.8. The highest BCUT2D eigenvalue weighted by Crippen LogP contribution is 2.33. The molecule has 8 nitrogen and oxygen atoms in total. The van der Waals surface area contributed by atoms with Crippen LogP contribution in [0.4, 0.5) is 5.95 Å². The molecule has 2 aromatic carbocycles. The standard InChI is InChI=1S/C31H42N6O2/c1-4-38-19-20-39-30(25-11-7-9-23-10-8-16-33-29(23)25)37-28-13-6-5-12-27(28)35-31(37)34-24-14-17-36(18-15-24)21-26(32)22(2)3/h5-13,16,22,24,26,30H,4,14-15,17-21,32H2,1-3H3,(H,34,35). The summed E-state index contributed by atoms with van der Waals surface area (Å²) in [5.41, 5.74) is 10.3. The Morgan fingerprint density at radius 3 is 2.62 bits per heavy atom. The Bertz CT molecular complexity index is 1340. The van der Waals surface area contributed by atoms with Gasteiger partial charge in [0.1, 0.15) is 0 Å². The lowest BCUT2D eigenvalue weighted by Crippen LogP contribution is -2.46. The molecule has 5 rings (SSSR count). The summed E-state index contributed by atoms with van der Waals surface area (Å²) in [6.07, 6.45) is 3.51. The van der Waals surface area contributed by atoms with E-state index in [1.807, 2.05) is 25.3 Å². The number of para-hydroxylation sites is 3. The molecule has 0 spiro atoms. The van der Waals surface area contributed by atoms with Gasteiger partial charge in [0.2, 0.25) is 5.95 Å². The molecule has 0 amide bonds. The van der Waals surface area contributed by atoms with Crippen molar-refractivity contribution in [1.29, 1.82) is 0 Å². The Hall–Kier alpha value is -3.04. The van der Waals surface area contributed by atoms with Gasteiger partial charge < -0.3 is 25.4 Å². The molecule has 208 valence electrons. The topological polar surface area (TPSA) is 90.5 Å². The van der Waals surface area contributed by atoms with Crippen molar-refractivity contribution < 1.29 is 9.47 Å². The number of likely N-dealkylation sites (tertiary alicyclic amines) is 1. The average Bonchev–Trinajstić information content (AvgIpc) is 3.31. The summed E-state index contributed by atoms with van der Waals surface area (Å²) in [5.74, 6) is 1.31. The molecule has 4 aromatic rings. The molecule has 0 aliphatic carbocycles. The normalized spacial score (nSPS) is 16.7. The van der Waals surface area contributed by atoms with Crippen molar-refractivity contribution in [1.82, 2.24) is 19.4 Å². The van der Waals surface area contributed by atoms with Gasteiger partial charge in [-0.15, -0.1) is 0 Å². The molecule has 3 N–H and O–H groups in total. The lowest BCUT2D eigenvalue weighted by atomic mass is 10.0. The van der Waals surface area contributed by atoms with E-state index in [1.54, 1.807) is 0 Å². The Balaban J connectivity index is 1.46. The number of nitrogens with one attached hydrogen (secondary N) is 1. The molecule has 2 atom stereocenters. The lowest BCUT2D eigenvalue weighted by Gasteiger charge is -2.35. The van der Waals surface area contributed by atoms with E-state index in [9.17, 15) is 0 Å². The highest BCUT2D eigenvalue weighted by Gasteiger charge is 2.27. The van der Waals surface area contributed by atoms with Crippen molar-refractivity contribution in [2.24, 2.45) is 11.7 Å². The second kappa shape index (κ2) is 12.9. The Morgan fingerprint density at radius 2 is 1.82 bits per heavy atom. The van der Waals surface area contributed by atoms with Crippen LogP contribution >= 0.6 is 0 Å². The van der Waals surface area contributed by atoms with Crippen LogP contribution in [0.5, 0.6) is 0 Å². The van der Waals surface area contributed by atoms with Crippen LogP contribution in [0.2, 0.25) is 0 Å². The molecular formula is C31H42N6O2. The zero-order chi connectivity index (χ0) is 27.2. The SMILES string of the molecule is CCOCCOC(c1cccc2cccnc12)n1c(NC2CCN(CC(N)C(C)C)CC2)nc2ccccc21. The van der Waals surface area contributed by atoms with E-state index in [1.165, 1.54) is 0 Å². The molecule has 0 radical (unpaired) electrons. The van der Waals surface area contributed by atoms with E-state index in [-0.39, 0.29) is 6.04 Å². The number of nitrogens with two attached hydrogens (primary N) is 1. The van der Waals surface area contributed by atoms with Crippen molar-refractivity contribution >= 4 is 27.9 Å². The van der Waals surface area contributed by atoms with Crippen LogP contribution in [0.15, 0.2) is 60.8 Å². The number of hydrogen-bond donors (Lipinski definition) is 2. The molecule has 3 heterocycles. The highest BCUT2D eigenvalue weighted by atomic mass is 16.5. The van der Waals surface area contributed by atoms with Crippen LogP contribution in [-0.2, 0) is 9.47 Å². The zero-order valence-corrected chi connectivity index (χ0v) is 23.4. The minimum absolute atomic E-state index is 0.211. The fourth-order valence-corrected chi connectivity index (χ4v) is 5.33. The molecule has 0 bridgehead atoms. The molecule has 0 saturated carbocycles. The van der Waals surface area contributed by atoms with Gasteiger partial charge in [-0.25, -0.2) is 4.98 Å². The number of nitrogens with zero attached hydrogens (tertiary/aromatic N) is 4. The fourth-order valence-electron chi connectivity index (χ4n) is 5.33. The van der Waals surface area contributed by atoms with Crippen molar-refractivity contribution in [3.8, 4) is 0 Å². The van der Waals surface area contributed by atoms with Crippen molar-refractivity contribution in [2.75, 3.05) is 44.8 Å². The number of rotatable bonds is 12. The number of fused-ring (bicyclic) bond motifs is 2. The third-order valence-corrected chi connectivity index (χ3v) is 7.71. The van der Waals surface area contributed by atoms with E-state index in [0.717, 1.165) is 65.9 Å². The first-order chi connectivity index (χ1) is 19.0. The van der Waals surface area contributed by atoms with Crippen LogP contribution < -0.4 is 11.1 Å². The predicted octanol–water partition coefficient (Wildman–Crippen LogP) is 5.04. The number of piperidine rings is 1. The molecule has 2 unspecified atom stereocenters. The van der Waals surface area contributed by atoms with Gasteiger partial charge in [0, 0.05) is 55.5 Å². The zero-order valence-electron chi connectivity index (χ0n) is 23.4. The molecule has 1 saturated heterocycles.